The number of thioether (sulfide) groups is 1. The van der Waals surface area contributed by atoms with Crippen LogP contribution in [0.1, 0.15) is 21.5 Å². The summed E-state index contributed by atoms with van der Waals surface area (Å²) < 4.78 is 7.54. The number of nitrogens with one attached hydrogen (secondary N) is 1. The molecule has 3 heterocycles. The van der Waals surface area contributed by atoms with Gasteiger partial charge in [-0.15, -0.1) is 0 Å². The molecule has 0 atom stereocenters. The first-order valence-corrected chi connectivity index (χ1v) is 12.9. The van der Waals surface area contributed by atoms with Crippen molar-refractivity contribution in [2.75, 3.05) is 39.4 Å². The van der Waals surface area contributed by atoms with Crippen LogP contribution in [0.25, 0.3) is 11.2 Å². The maximum atomic E-state index is 12.5. The molecular weight excluding hydrogens is 458 g/mol. The van der Waals surface area contributed by atoms with Crippen LogP contribution in [0.5, 0.6) is 0 Å². The van der Waals surface area contributed by atoms with Crippen molar-refractivity contribution in [1.29, 1.82) is 0 Å². The van der Waals surface area contributed by atoms with E-state index in [1.54, 1.807) is 11.8 Å². The molecule has 1 aliphatic heterocycles. The lowest BCUT2D eigenvalue weighted by molar-refractivity contribution is 0.0383. The summed E-state index contributed by atoms with van der Waals surface area (Å²) in [5.74, 6) is 0.727. The van der Waals surface area contributed by atoms with E-state index in [2.05, 4.69) is 44.0 Å². The summed E-state index contributed by atoms with van der Waals surface area (Å²) in [6, 6.07) is 22.1. The molecule has 1 amide bonds. The number of ether oxygens (including phenoxy) is 1. The Kier molecular flexibility index (Phi) is 7.72. The van der Waals surface area contributed by atoms with Crippen LogP contribution in [-0.4, -0.2) is 64.7 Å². The minimum atomic E-state index is -0.0341. The number of rotatable bonds is 9. The number of amides is 1. The predicted octanol–water partition coefficient (Wildman–Crippen LogP) is 3.83. The van der Waals surface area contributed by atoms with Crippen molar-refractivity contribution < 1.29 is 9.53 Å². The molecule has 35 heavy (non-hydrogen) atoms. The summed E-state index contributed by atoms with van der Waals surface area (Å²) in [6.45, 7) is 5.61. The van der Waals surface area contributed by atoms with Gasteiger partial charge in [0, 0.05) is 43.7 Å². The number of fused-ring (bicyclic) bond motifs is 1. The third-order valence-electron chi connectivity index (χ3n) is 6.05. The highest BCUT2D eigenvalue weighted by Crippen LogP contribution is 2.27. The van der Waals surface area contributed by atoms with Gasteiger partial charge in [0.05, 0.1) is 19.8 Å². The van der Waals surface area contributed by atoms with Crippen LogP contribution in [0.4, 0.5) is 0 Å². The average molecular weight is 488 g/mol. The highest BCUT2D eigenvalue weighted by atomic mass is 32.2. The Bertz CT molecular complexity index is 1250. The molecule has 180 valence electrons. The van der Waals surface area contributed by atoms with E-state index in [4.69, 9.17) is 9.72 Å². The molecule has 5 rings (SSSR count). The summed E-state index contributed by atoms with van der Waals surface area (Å²) in [4.78, 5) is 24.2. The molecule has 0 saturated carbocycles. The van der Waals surface area contributed by atoms with E-state index in [1.165, 1.54) is 5.56 Å². The third-order valence-corrected chi connectivity index (χ3v) is 7.10. The molecule has 2 aromatic carbocycles. The minimum Gasteiger partial charge on any atom is -0.379 e. The molecule has 2 aromatic heterocycles. The topological polar surface area (TPSA) is 72.3 Å². The number of carbonyl (C=O) groups excluding carboxylic acids is 1. The Balaban J connectivity index is 1.20. The zero-order valence-electron chi connectivity index (χ0n) is 19.6. The van der Waals surface area contributed by atoms with Crippen LogP contribution in [0.2, 0.25) is 0 Å². The number of pyridine rings is 1. The van der Waals surface area contributed by atoms with Crippen LogP contribution in [0, 0.1) is 0 Å². The standard InChI is InChI=1S/C27H29N5O2S/c33-26(29-13-14-31-15-17-34-18-16-31)23-10-8-22(9-11-23)20-35-27-30-24-7-4-12-28-25(24)32(27)19-21-5-2-1-3-6-21/h1-12H,13-20H2,(H,29,33). The van der Waals surface area contributed by atoms with Crippen LogP contribution in [0.3, 0.4) is 0 Å². The fourth-order valence-corrected chi connectivity index (χ4v) is 5.07. The van der Waals surface area contributed by atoms with E-state index in [-0.39, 0.29) is 5.91 Å². The van der Waals surface area contributed by atoms with Crippen molar-refractivity contribution in [1.82, 2.24) is 24.8 Å². The smallest absolute Gasteiger partial charge is 0.251 e. The molecule has 1 fully saturated rings. The number of morpholine rings is 1. The maximum absolute atomic E-state index is 12.5. The molecule has 0 aliphatic carbocycles. The lowest BCUT2D eigenvalue weighted by atomic mass is 10.1. The van der Waals surface area contributed by atoms with Gasteiger partial charge in [-0.25, -0.2) is 9.97 Å². The number of hydrogen-bond donors (Lipinski definition) is 1. The monoisotopic (exact) mass is 487 g/mol. The molecule has 1 N–H and O–H groups in total. The number of benzene rings is 2. The van der Waals surface area contributed by atoms with Crippen LogP contribution in [0.15, 0.2) is 78.1 Å². The molecule has 0 bridgehead atoms. The van der Waals surface area contributed by atoms with Crippen LogP contribution >= 0.6 is 11.8 Å². The summed E-state index contributed by atoms with van der Waals surface area (Å²) in [6.07, 6.45) is 1.81. The second-order valence-electron chi connectivity index (χ2n) is 8.51. The molecule has 8 heteroatoms. The zero-order valence-corrected chi connectivity index (χ0v) is 20.4. The van der Waals surface area contributed by atoms with Gasteiger partial charge in [-0.1, -0.05) is 54.2 Å². The number of imidazole rings is 1. The van der Waals surface area contributed by atoms with Gasteiger partial charge in [0.2, 0.25) is 0 Å². The van der Waals surface area contributed by atoms with Crippen LogP contribution < -0.4 is 5.32 Å². The van der Waals surface area contributed by atoms with E-state index < -0.39 is 0 Å². The number of aromatic nitrogens is 3. The van der Waals surface area contributed by atoms with Crippen molar-refractivity contribution in [3.63, 3.8) is 0 Å². The fraction of sp³-hybridized carbons (Fsp3) is 0.296. The van der Waals surface area contributed by atoms with E-state index in [9.17, 15) is 4.79 Å². The second kappa shape index (κ2) is 11.5. The lowest BCUT2D eigenvalue weighted by Crippen LogP contribution is -2.41. The van der Waals surface area contributed by atoms with Crippen molar-refractivity contribution in [3.05, 3.63) is 89.6 Å². The molecular formula is C27H29N5O2S. The van der Waals surface area contributed by atoms with Gasteiger partial charge in [0.15, 0.2) is 10.8 Å². The summed E-state index contributed by atoms with van der Waals surface area (Å²) in [7, 11) is 0. The van der Waals surface area contributed by atoms with Crippen LogP contribution in [-0.2, 0) is 17.0 Å². The first-order chi connectivity index (χ1) is 17.3. The molecule has 0 spiro atoms. The van der Waals surface area contributed by atoms with Gasteiger partial charge < -0.3 is 10.1 Å². The zero-order chi connectivity index (χ0) is 23.9. The maximum Gasteiger partial charge on any atom is 0.251 e. The normalized spacial score (nSPS) is 14.3. The Labute approximate surface area is 209 Å². The Morgan fingerprint density at radius 1 is 0.971 bits per heavy atom. The first kappa shape index (κ1) is 23.5. The Morgan fingerprint density at radius 2 is 1.77 bits per heavy atom. The number of carbonyl (C=O) groups is 1. The van der Waals surface area contributed by atoms with Crippen molar-refractivity contribution in [3.8, 4) is 0 Å². The fourth-order valence-electron chi connectivity index (χ4n) is 4.11. The molecule has 1 saturated heterocycles. The molecule has 4 aromatic rings. The van der Waals surface area contributed by atoms with E-state index >= 15 is 0 Å². The quantitative estimate of drug-likeness (QED) is 0.362. The first-order valence-electron chi connectivity index (χ1n) is 11.9. The molecule has 0 radical (unpaired) electrons. The van der Waals surface area contributed by atoms with Gasteiger partial charge in [-0.3, -0.25) is 14.3 Å². The summed E-state index contributed by atoms with van der Waals surface area (Å²) in [5, 5.41) is 3.96. The van der Waals surface area contributed by atoms with Gasteiger partial charge >= 0.3 is 0 Å². The number of nitrogens with zero attached hydrogens (tertiary/aromatic N) is 4. The SMILES string of the molecule is O=C(NCCN1CCOCC1)c1ccc(CSc2nc3cccnc3n2Cc2ccccc2)cc1. The minimum absolute atomic E-state index is 0.0341. The lowest BCUT2D eigenvalue weighted by Gasteiger charge is -2.26. The summed E-state index contributed by atoms with van der Waals surface area (Å²) in [5.41, 5.74) is 4.83. The molecule has 7 nitrogen and oxygen atoms in total. The largest absolute Gasteiger partial charge is 0.379 e. The average Bonchev–Trinajstić information content (AvgIpc) is 3.26. The highest BCUT2D eigenvalue weighted by molar-refractivity contribution is 7.98. The van der Waals surface area contributed by atoms with Gasteiger partial charge in [-0.2, -0.15) is 0 Å². The highest BCUT2D eigenvalue weighted by Gasteiger charge is 2.14. The Morgan fingerprint density at radius 3 is 2.57 bits per heavy atom. The van der Waals surface area contributed by atoms with Crippen molar-refractivity contribution in [2.24, 2.45) is 0 Å². The third kappa shape index (κ3) is 6.08. The van der Waals surface area contributed by atoms with Crippen molar-refractivity contribution in [2.45, 2.75) is 17.5 Å². The van der Waals surface area contributed by atoms with E-state index in [0.29, 0.717) is 12.1 Å². The van der Waals surface area contributed by atoms with Crippen molar-refractivity contribution >= 4 is 28.8 Å². The van der Waals surface area contributed by atoms with Gasteiger partial charge in [-0.05, 0) is 35.4 Å². The predicted molar refractivity (Wildman–Crippen MR) is 139 cm³/mol. The van der Waals surface area contributed by atoms with E-state index in [1.807, 2.05) is 48.7 Å². The van der Waals surface area contributed by atoms with Gasteiger partial charge in [0.1, 0.15) is 5.52 Å². The number of hydrogen-bond acceptors (Lipinski definition) is 6. The molecule has 1 aliphatic rings. The summed E-state index contributed by atoms with van der Waals surface area (Å²) >= 11 is 1.68. The molecule has 0 unspecified atom stereocenters. The van der Waals surface area contributed by atoms with Gasteiger partial charge in [0.25, 0.3) is 5.91 Å². The second-order valence-corrected chi connectivity index (χ2v) is 9.45. The Hall–Kier alpha value is -3.20. The van der Waals surface area contributed by atoms with E-state index in [0.717, 1.165) is 67.0 Å².